The van der Waals surface area contributed by atoms with Crippen LogP contribution in [-0.2, 0) is 22.5 Å². The molecule has 7 nitrogen and oxygen atoms in total. The van der Waals surface area contributed by atoms with Gasteiger partial charge in [0.15, 0.2) is 0 Å². The normalized spacial score (nSPS) is 32.0. The first-order valence-corrected chi connectivity index (χ1v) is 7.84. The summed E-state index contributed by atoms with van der Waals surface area (Å²) >= 11 is 0. The van der Waals surface area contributed by atoms with Crippen LogP contribution in [0, 0.1) is 11.8 Å². The van der Waals surface area contributed by atoms with Crippen LogP contribution in [0.4, 0.5) is 0 Å². The number of aliphatic hydroxyl groups excluding tert-OH is 1. The quantitative estimate of drug-likeness (QED) is 0.820. The highest BCUT2D eigenvalue weighted by atomic mass is 16.5. The third-order valence-electron chi connectivity index (χ3n) is 4.57. The lowest BCUT2D eigenvalue weighted by Gasteiger charge is -2.44. The highest BCUT2D eigenvalue weighted by molar-refractivity contribution is 5.73. The number of carbonyl (C=O) groups is 1. The summed E-state index contributed by atoms with van der Waals surface area (Å²) in [4.78, 5) is 11.3. The van der Waals surface area contributed by atoms with Gasteiger partial charge in [0, 0.05) is 26.1 Å². The van der Waals surface area contributed by atoms with Crippen LogP contribution in [0.3, 0.4) is 0 Å². The second kappa shape index (κ2) is 7.19. The Hall–Kier alpha value is -1.47. The minimum Gasteiger partial charge on any atom is -0.396 e. The van der Waals surface area contributed by atoms with E-state index in [4.69, 9.17) is 9.84 Å². The molecule has 0 saturated carbocycles. The predicted molar refractivity (Wildman–Crippen MR) is 81.1 cm³/mol. The Kier molecular flexibility index (Phi) is 5.52. The van der Waals surface area contributed by atoms with E-state index in [0.717, 1.165) is 5.69 Å². The second-order valence-corrected chi connectivity index (χ2v) is 6.23. The van der Waals surface area contributed by atoms with E-state index in [1.165, 1.54) is 6.92 Å². The van der Waals surface area contributed by atoms with Crippen LogP contribution in [0.5, 0.6) is 0 Å². The summed E-state index contributed by atoms with van der Waals surface area (Å²) in [5.41, 5.74) is 0.781. The highest BCUT2D eigenvalue weighted by Crippen LogP contribution is 2.31. The van der Waals surface area contributed by atoms with Gasteiger partial charge in [0.25, 0.3) is 0 Å². The molecule has 1 saturated heterocycles. The molecule has 0 aliphatic carbocycles. The Labute approximate surface area is 131 Å². The molecule has 2 N–H and O–H groups in total. The number of hydrogen-bond acceptors (Lipinski definition) is 5. The van der Waals surface area contributed by atoms with Gasteiger partial charge in [0.2, 0.25) is 5.91 Å². The average Bonchev–Trinajstić information content (AvgIpc) is 2.88. The maximum Gasteiger partial charge on any atom is 0.217 e. The van der Waals surface area contributed by atoms with E-state index in [9.17, 15) is 4.79 Å². The van der Waals surface area contributed by atoms with Crippen molar-refractivity contribution in [3.63, 3.8) is 0 Å². The SMILES string of the molecule is CC(=O)NC1C(C)OC(Cn2cc(CCO)nn2)C(C)C1C. The molecule has 0 bridgehead atoms. The van der Waals surface area contributed by atoms with Gasteiger partial charge in [-0.05, 0) is 18.8 Å². The van der Waals surface area contributed by atoms with Crippen LogP contribution < -0.4 is 5.32 Å². The maximum atomic E-state index is 11.3. The van der Waals surface area contributed by atoms with Crippen molar-refractivity contribution in [3.8, 4) is 0 Å². The van der Waals surface area contributed by atoms with Gasteiger partial charge in [0.1, 0.15) is 0 Å². The lowest BCUT2D eigenvalue weighted by atomic mass is 9.80. The van der Waals surface area contributed by atoms with Gasteiger partial charge in [-0.3, -0.25) is 4.79 Å². The van der Waals surface area contributed by atoms with E-state index in [0.29, 0.717) is 24.8 Å². The summed E-state index contributed by atoms with van der Waals surface area (Å²) < 4.78 is 7.87. The van der Waals surface area contributed by atoms with Gasteiger partial charge < -0.3 is 15.2 Å². The summed E-state index contributed by atoms with van der Waals surface area (Å²) in [6.45, 7) is 8.52. The van der Waals surface area contributed by atoms with E-state index in [1.54, 1.807) is 4.68 Å². The molecule has 5 unspecified atom stereocenters. The van der Waals surface area contributed by atoms with Crippen LogP contribution in [-0.4, -0.2) is 50.9 Å². The molecule has 5 atom stereocenters. The van der Waals surface area contributed by atoms with Gasteiger partial charge in [-0.15, -0.1) is 5.10 Å². The molecule has 2 heterocycles. The molecule has 1 aliphatic heterocycles. The molecule has 0 spiro atoms. The fourth-order valence-corrected chi connectivity index (χ4v) is 3.11. The van der Waals surface area contributed by atoms with E-state index in [1.807, 2.05) is 13.1 Å². The summed E-state index contributed by atoms with van der Waals surface area (Å²) in [6, 6.07) is 0.0319. The molecule has 1 fully saturated rings. The predicted octanol–water partition coefficient (Wildman–Crippen LogP) is 0.377. The van der Waals surface area contributed by atoms with Crippen molar-refractivity contribution in [3.05, 3.63) is 11.9 Å². The third kappa shape index (κ3) is 3.84. The zero-order valence-corrected chi connectivity index (χ0v) is 13.7. The minimum absolute atomic E-state index is 0.0251. The Morgan fingerprint density at radius 2 is 2.14 bits per heavy atom. The molecular formula is C15H26N4O3. The monoisotopic (exact) mass is 310 g/mol. The molecule has 7 heteroatoms. The van der Waals surface area contributed by atoms with Crippen LogP contribution in [0.25, 0.3) is 0 Å². The number of nitrogens with zero attached hydrogens (tertiary/aromatic N) is 3. The van der Waals surface area contributed by atoms with E-state index >= 15 is 0 Å². The van der Waals surface area contributed by atoms with Gasteiger partial charge in [-0.2, -0.15) is 0 Å². The zero-order valence-electron chi connectivity index (χ0n) is 13.7. The zero-order chi connectivity index (χ0) is 16.3. The van der Waals surface area contributed by atoms with Crippen molar-refractivity contribution in [1.82, 2.24) is 20.3 Å². The molecule has 2 rings (SSSR count). The van der Waals surface area contributed by atoms with Crippen LogP contribution >= 0.6 is 0 Å². The van der Waals surface area contributed by atoms with Gasteiger partial charge >= 0.3 is 0 Å². The van der Waals surface area contributed by atoms with Gasteiger partial charge in [-0.1, -0.05) is 19.1 Å². The molecule has 1 aromatic heterocycles. The molecule has 22 heavy (non-hydrogen) atoms. The molecule has 1 aromatic rings. The topological polar surface area (TPSA) is 89.3 Å². The maximum absolute atomic E-state index is 11.3. The lowest BCUT2D eigenvalue weighted by Crippen LogP contribution is -2.56. The minimum atomic E-state index is -0.0412. The van der Waals surface area contributed by atoms with Crippen molar-refractivity contribution in [2.24, 2.45) is 11.8 Å². The molecular weight excluding hydrogens is 284 g/mol. The number of nitrogens with one attached hydrogen (secondary N) is 1. The number of hydrogen-bond donors (Lipinski definition) is 2. The molecule has 1 aliphatic rings. The Bertz CT molecular complexity index is 505. The van der Waals surface area contributed by atoms with E-state index in [2.05, 4.69) is 29.5 Å². The van der Waals surface area contributed by atoms with Crippen LogP contribution in [0.1, 0.15) is 33.4 Å². The fraction of sp³-hybridized carbons (Fsp3) is 0.800. The van der Waals surface area contributed by atoms with Crippen LogP contribution in [0.2, 0.25) is 0 Å². The number of aromatic nitrogens is 3. The van der Waals surface area contributed by atoms with E-state index in [-0.39, 0.29) is 30.8 Å². The van der Waals surface area contributed by atoms with Crippen molar-refractivity contribution < 1.29 is 14.6 Å². The fourth-order valence-electron chi connectivity index (χ4n) is 3.11. The van der Waals surface area contributed by atoms with E-state index < -0.39 is 0 Å². The van der Waals surface area contributed by atoms with Crippen molar-refractivity contribution in [2.75, 3.05) is 6.61 Å². The van der Waals surface area contributed by atoms with Crippen LogP contribution in [0.15, 0.2) is 6.20 Å². The molecule has 0 aromatic carbocycles. The highest BCUT2D eigenvalue weighted by Gasteiger charge is 2.39. The first kappa shape index (κ1) is 16.9. The number of amides is 1. The second-order valence-electron chi connectivity index (χ2n) is 6.23. The summed E-state index contributed by atoms with van der Waals surface area (Å²) in [6.07, 6.45) is 2.35. The first-order chi connectivity index (χ1) is 10.4. The molecule has 1 amide bonds. The largest absolute Gasteiger partial charge is 0.396 e. The summed E-state index contributed by atoms with van der Waals surface area (Å²) in [5.74, 6) is 0.583. The number of rotatable bonds is 5. The Balaban J connectivity index is 2.01. The number of carbonyl (C=O) groups excluding carboxylic acids is 1. The van der Waals surface area contributed by atoms with Crippen molar-refractivity contribution in [1.29, 1.82) is 0 Å². The van der Waals surface area contributed by atoms with Gasteiger partial charge in [-0.25, -0.2) is 4.68 Å². The third-order valence-corrected chi connectivity index (χ3v) is 4.57. The standard InChI is InChI=1S/C15H26N4O3/c1-9-10(2)15(16-12(4)21)11(3)22-14(9)8-19-7-13(5-6-20)17-18-19/h7,9-11,14-15,20H,5-6,8H2,1-4H3,(H,16,21). The summed E-state index contributed by atoms with van der Waals surface area (Å²) in [7, 11) is 0. The average molecular weight is 310 g/mol. The lowest BCUT2D eigenvalue weighted by molar-refractivity contribution is -0.135. The molecule has 0 radical (unpaired) electrons. The first-order valence-electron chi connectivity index (χ1n) is 7.84. The van der Waals surface area contributed by atoms with Gasteiger partial charge in [0.05, 0.1) is 30.5 Å². The summed E-state index contributed by atoms with van der Waals surface area (Å²) in [5, 5.41) is 20.0. The Morgan fingerprint density at radius 1 is 1.41 bits per heavy atom. The number of aliphatic hydroxyl groups is 1. The molecule has 124 valence electrons. The smallest absolute Gasteiger partial charge is 0.217 e. The van der Waals surface area contributed by atoms with Crippen molar-refractivity contribution in [2.45, 2.75) is 58.9 Å². The number of ether oxygens (including phenoxy) is 1. The van der Waals surface area contributed by atoms with Crippen molar-refractivity contribution >= 4 is 5.91 Å². The Morgan fingerprint density at radius 3 is 2.77 bits per heavy atom.